The van der Waals surface area contributed by atoms with E-state index in [1.807, 2.05) is 26.0 Å². The SMILES string of the molecule is CCOc1ccc(/C=N\NC(=O)C(=O)Nc2ccc(CC)cc2)cc1Cl. The average Bonchev–Trinajstić information content (AvgIpc) is 2.64. The molecular formula is C19H20ClN3O3. The van der Waals surface area contributed by atoms with Crippen molar-refractivity contribution in [1.29, 1.82) is 0 Å². The van der Waals surface area contributed by atoms with Crippen LogP contribution in [0.2, 0.25) is 5.02 Å². The fourth-order valence-electron chi connectivity index (χ4n) is 2.10. The van der Waals surface area contributed by atoms with Gasteiger partial charge in [0.25, 0.3) is 0 Å². The normalized spacial score (nSPS) is 10.6. The lowest BCUT2D eigenvalue weighted by Crippen LogP contribution is -2.32. The summed E-state index contributed by atoms with van der Waals surface area (Å²) >= 11 is 6.07. The summed E-state index contributed by atoms with van der Waals surface area (Å²) in [5.41, 5.74) is 4.53. The van der Waals surface area contributed by atoms with Gasteiger partial charge in [0.2, 0.25) is 0 Å². The summed E-state index contributed by atoms with van der Waals surface area (Å²) in [6.45, 7) is 4.42. The first-order valence-electron chi connectivity index (χ1n) is 8.19. The van der Waals surface area contributed by atoms with Gasteiger partial charge in [0.05, 0.1) is 17.8 Å². The molecular weight excluding hydrogens is 354 g/mol. The average molecular weight is 374 g/mol. The van der Waals surface area contributed by atoms with Crippen molar-refractivity contribution < 1.29 is 14.3 Å². The van der Waals surface area contributed by atoms with Crippen LogP contribution >= 0.6 is 11.6 Å². The van der Waals surface area contributed by atoms with Gasteiger partial charge in [-0.15, -0.1) is 0 Å². The first kappa shape index (κ1) is 19.5. The number of halogens is 1. The Kier molecular flexibility index (Phi) is 7.17. The number of hydrogen-bond donors (Lipinski definition) is 2. The van der Waals surface area contributed by atoms with Crippen LogP contribution in [0.3, 0.4) is 0 Å². The molecule has 0 atom stereocenters. The highest BCUT2D eigenvalue weighted by atomic mass is 35.5. The Hall–Kier alpha value is -2.86. The number of ether oxygens (including phenoxy) is 1. The molecule has 2 amide bonds. The summed E-state index contributed by atoms with van der Waals surface area (Å²) in [5, 5.41) is 6.71. The number of nitrogens with zero attached hydrogens (tertiary/aromatic N) is 1. The second-order valence-electron chi connectivity index (χ2n) is 5.33. The number of rotatable bonds is 6. The van der Waals surface area contributed by atoms with E-state index >= 15 is 0 Å². The molecule has 7 heteroatoms. The first-order valence-corrected chi connectivity index (χ1v) is 8.57. The number of nitrogens with one attached hydrogen (secondary N) is 2. The van der Waals surface area contributed by atoms with Gasteiger partial charge in [-0.3, -0.25) is 9.59 Å². The molecule has 0 aliphatic heterocycles. The number of aryl methyl sites for hydroxylation is 1. The zero-order valence-corrected chi connectivity index (χ0v) is 15.3. The van der Waals surface area contributed by atoms with E-state index in [-0.39, 0.29) is 0 Å². The van der Waals surface area contributed by atoms with Gasteiger partial charge < -0.3 is 10.1 Å². The Morgan fingerprint density at radius 2 is 1.85 bits per heavy atom. The molecule has 0 radical (unpaired) electrons. The van der Waals surface area contributed by atoms with Crippen LogP contribution in [-0.4, -0.2) is 24.6 Å². The zero-order chi connectivity index (χ0) is 18.9. The maximum Gasteiger partial charge on any atom is 0.329 e. The van der Waals surface area contributed by atoms with Crippen molar-refractivity contribution in [3.05, 3.63) is 58.6 Å². The molecule has 0 fully saturated rings. The Morgan fingerprint density at radius 1 is 1.12 bits per heavy atom. The van der Waals surface area contributed by atoms with E-state index in [4.69, 9.17) is 16.3 Å². The number of carbonyl (C=O) groups excluding carboxylic acids is 2. The molecule has 136 valence electrons. The summed E-state index contributed by atoms with van der Waals surface area (Å²) < 4.78 is 5.34. The van der Waals surface area contributed by atoms with Gasteiger partial charge in [0.15, 0.2) is 0 Å². The minimum Gasteiger partial charge on any atom is -0.492 e. The molecule has 0 spiro atoms. The standard InChI is InChI=1S/C19H20ClN3O3/c1-3-13-5-8-15(9-6-13)22-18(24)19(25)23-21-12-14-7-10-17(26-4-2)16(20)11-14/h5-12H,3-4H2,1-2H3,(H,22,24)(H,23,25)/b21-12-. The molecule has 0 heterocycles. The molecule has 2 aromatic rings. The highest BCUT2D eigenvalue weighted by molar-refractivity contribution is 6.39. The lowest BCUT2D eigenvalue weighted by molar-refractivity contribution is -0.136. The van der Waals surface area contributed by atoms with Crippen LogP contribution in [0.5, 0.6) is 5.75 Å². The number of benzene rings is 2. The van der Waals surface area contributed by atoms with E-state index in [0.29, 0.717) is 28.6 Å². The number of hydrogen-bond acceptors (Lipinski definition) is 4. The second kappa shape index (κ2) is 9.58. The molecule has 0 aliphatic carbocycles. The molecule has 2 N–H and O–H groups in total. The summed E-state index contributed by atoms with van der Waals surface area (Å²) in [4.78, 5) is 23.6. The third-order valence-corrected chi connectivity index (χ3v) is 3.76. The zero-order valence-electron chi connectivity index (χ0n) is 14.6. The highest BCUT2D eigenvalue weighted by Gasteiger charge is 2.12. The van der Waals surface area contributed by atoms with Crippen LogP contribution in [0.25, 0.3) is 0 Å². The van der Waals surface area contributed by atoms with Gasteiger partial charge in [0.1, 0.15) is 5.75 Å². The topological polar surface area (TPSA) is 79.8 Å². The van der Waals surface area contributed by atoms with Gasteiger partial charge in [0, 0.05) is 5.69 Å². The van der Waals surface area contributed by atoms with Crippen LogP contribution in [0.15, 0.2) is 47.6 Å². The van der Waals surface area contributed by atoms with Crippen molar-refractivity contribution in [1.82, 2.24) is 5.43 Å². The lowest BCUT2D eigenvalue weighted by Gasteiger charge is -2.06. The molecule has 26 heavy (non-hydrogen) atoms. The van der Waals surface area contributed by atoms with Gasteiger partial charge >= 0.3 is 11.8 Å². The van der Waals surface area contributed by atoms with Crippen LogP contribution in [0.1, 0.15) is 25.0 Å². The third-order valence-electron chi connectivity index (χ3n) is 3.46. The van der Waals surface area contributed by atoms with Crippen LogP contribution in [-0.2, 0) is 16.0 Å². The van der Waals surface area contributed by atoms with Gasteiger partial charge in [-0.25, -0.2) is 5.43 Å². The summed E-state index contributed by atoms with van der Waals surface area (Å²) in [7, 11) is 0. The molecule has 0 unspecified atom stereocenters. The van der Waals surface area contributed by atoms with E-state index in [1.54, 1.807) is 30.3 Å². The molecule has 0 saturated heterocycles. The van der Waals surface area contributed by atoms with Crippen molar-refractivity contribution in [3.63, 3.8) is 0 Å². The van der Waals surface area contributed by atoms with Crippen molar-refractivity contribution in [2.75, 3.05) is 11.9 Å². The van der Waals surface area contributed by atoms with Crippen molar-refractivity contribution in [2.24, 2.45) is 5.10 Å². The number of carbonyl (C=O) groups is 2. The Labute approximate surface area is 157 Å². The molecule has 2 aromatic carbocycles. The highest BCUT2D eigenvalue weighted by Crippen LogP contribution is 2.24. The minimum absolute atomic E-state index is 0.440. The van der Waals surface area contributed by atoms with E-state index in [2.05, 4.69) is 15.8 Å². The first-order chi connectivity index (χ1) is 12.5. The van der Waals surface area contributed by atoms with Gasteiger partial charge in [-0.2, -0.15) is 5.10 Å². The van der Waals surface area contributed by atoms with Crippen LogP contribution in [0, 0.1) is 0 Å². The fourth-order valence-corrected chi connectivity index (χ4v) is 2.34. The summed E-state index contributed by atoms with van der Waals surface area (Å²) in [6, 6.07) is 12.4. The Balaban J connectivity index is 1.89. The van der Waals surface area contributed by atoms with Crippen molar-refractivity contribution >= 4 is 35.3 Å². The molecule has 0 aliphatic rings. The quantitative estimate of drug-likeness (QED) is 0.462. The van der Waals surface area contributed by atoms with E-state index in [0.717, 1.165) is 12.0 Å². The number of anilines is 1. The summed E-state index contributed by atoms with van der Waals surface area (Å²) in [6.07, 6.45) is 2.29. The van der Waals surface area contributed by atoms with Crippen molar-refractivity contribution in [2.45, 2.75) is 20.3 Å². The van der Waals surface area contributed by atoms with E-state index < -0.39 is 11.8 Å². The Bertz CT molecular complexity index is 804. The van der Waals surface area contributed by atoms with Crippen LogP contribution < -0.4 is 15.5 Å². The third kappa shape index (κ3) is 5.60. The smallest absolute Gasteiger partial charge is 0.329 e. The van der Waals surface area contributed by atoms with Gasteiger partial charge in [-0.05, 0) is 54.8 Å². The van der Waals surface area contributed by atoms with E-state index in [9.17, 15) is 9.59 Å². The molecule has 0 bridgehead atoms. The molecule has 6 nitrogen and oxygen atoms in total. The lowest BCUT2D eigenvalue weighted by atomic mass is 10.1. The van der Waals surface area contributed by atoms with Gasteiger partial charge in [-0.1, -0.05) is 30.7 Å². The maximum absolute atomic E-state index is 11.8. The predicted octanol–water partition coefficient (Wildman–Crippen LogP) is 3.39. The maximum atomic E-state index is 11.8. The predicted molar refractivity (Wildman–Crippen MR) is 103 cm³/mol. The van der Waals surface area contributed by atoms with Crippen LogP contribution in [0.4, 0.5) is 5.69 Å². The van der Waals surface area contributed by atoms with E-state index in [1.165, 1.54) is 6.21 Å². The largest absolute Gasteiger partial charge is 0.492 e. The molecule has 0 saturated carbocycles. The fraction of sp³-hybridized carbons (Fsp3) is 0.211. The number of hydrazone groups is 1. The molecule has 2 rings (SSSR count). The minimum atomic E-state index is -0.863. The van der Waals surface area contributed by atoms with Crippen molar-refractivity contribution in [3.8, 4) is 5.75 Å². The number of amides is 2. The second-order valence-corrected chi connectivity index (χ2v) is 5.73. The molecule has 0 aromatic heterocycles. The Morgan fingerprint density at radius 3 is 2.46 bits per heavy atom. The monoisotopic (exact) mass is 373 g/mol. The summed E-state index contributed by atoms with van der Waals surface area (Å²) in [5.74, 6) is -1.09.